The molecule has 1 aliphatic rings. The normalized spacial score (nSPS) is 13.1. The molecule has 2 heterocycles. The number of rotatable bonds is 2. The van der Waals surface area contributed by atoms with Gasteiger partial charge in [-0.3, -0.25) is 4.79 Å². The number of ether oxygens (including phenoxy) is 2. The van der Waals surface area contributed by atoms with Crippen LogP contribution >= 0.6 is 11.6 Å². The van der Waals surface area contributed by atoms with Crippen molar-refractivity contribution in [2.45, 2.75) is 0 Å². The molecule has 122 valence electrons. The molecular formula is C17H12ClFN2O3. The Bertz CT molecular complexity index is 954. The van der Waals surface area contributed by atoms with Crippen LogP contribution in [0, 0.1) is 5.82 Å². The number of amides is 1. The summed E-state index contributed by atoms with van der Waals surface area (Å²) in [4.78, 5) is 15.4. The minimum atomic E-state index is -0.384. The molecule has 3 aromatic rings. The average Bonchev–Trinajstić information content (AvgIpc) is 2.98. The van der Waals surface area contributed by atoms with Gasteiger partial charge in [0.15, 0.2) is 11.5 Å². The third-order valence-corrected chi connectivity index (χ3v) is 4.02. The summed E-state index contributed by atoms with van der Waals surface area (Å²) in [5.74, 6) is 0.332. The number of benzene rings is 2. The van der Waals surface area contributed by atoms with E-state index >= 15 is 0 Å². The maximum Gasteiger partial charge on any atom is 0.272 e. The number of aromatic amines is 1. The SMILES string of the molecule is O=C(Nc1cc2c(cc1Cl)OCCO2)c1cc2cc(F)ccc2[nH]1. The predicted octanol–water partition coefficient (Wildman–Crippen LogP) is 3.98. The molecule has 1 amide bonds. The van der Waals surface area contributed by atoms with Crippen molar-refractivity contribution in [3.63, 3.8) is 0 Å². The molecule has 0 saturated heterocycles. The van der Waals surface area contributed by atoms with Gasteiger partial charge in [-0.15, -0.1) is 0 Å². The van der Waals surface area contributed by atoms with E-state index in [-0.39, 0.29) is 11.7 Å². The maximum atomic E-state index is 13.2. The predicted molar refractivity (Wildman–Crippen MR) is 88.7 cm³/mol. The first-order chi connectivity index (χ1) is 11.6. The van der Waals surface area contributed by atoms with E-state index in [9.17, 15) is 9.18 Å². The van der Waals surface area contributed by atoms with Gasteiger partial charge in [-0.05, 0) is 24.3 Å². The summed E-state index contributed by atoms with van der Waals surface area (Å²) in [6.07, 6.45) is 0. The zero-order valence-corrected chi connectivity index (χ0v) is 13.1. The van der Waals surface area contributed by atoms with Crippen LogP contribution in [0.2, 0.25) is 5.02 Å². The second kappa shape index (κ2) is 5.72. The first-order valence-corrected chi connectivity index (χ1v) is 7.67. The minimum Gasteiger partial charge on any atom is -0.486 e. The molecule has 4 rings (SSSR count). The molecule has 1 aliphatic heterocycles. The lowest BCUT2D eigenvalue weighted by molar-refractivity contribution is 0.102. The van der Waals surface area contributed by atoms with Gasteiger partial charge in [-0.1, -0.05) is 11.6 Å². The highest BCUT2D eigenvalue weighted by Gasteiger charge is 2.17. The van der Waals surface area contributed by atoms with E-state index in [2.05, 4.69) is 10.3 Å². The zero-order chi connectivity index (χ0) is 16.7. The molecule has 0 bridgehead atoms. The first-order valence-electron chi connectivity index (χ1n) is 7.29. The molecule has 0 fully saturated rings. The Hall–Kier alpha value is -2.73. The molecule has 5 nitrogen and oxygen atoms in total. The van der Waals surface area contributed by atoms with Crippen molar-refractivity contribution in [1.29, 1.82) is 0 Å². The van der Waals surface area contributed by atoms with Crippen molar-refractivity contribution in [3.8, 4) is 11.5 Å². The number of nitrogens with one attached hydrogen (secondary N) is 2. The van der Waals surface area contributed by atoms with Crippen molar-refractivity contribution in [1.82, 2.24) is 4.98 Å². The van der Waals surface area contributed by atoms with Gasteiger partial charge < -0.3 is 19.8 Å². The minimum absolute atomic E-state index is 0.307. The van der Waals surface area contributed by atoms with Crippen molar-refractivity contribution in [3.05, 3.63) is 52.9 Å². The van der Waals surface area contributed by atoms with E-state index in [1.54, 1.807) is 24.3 Å². The van der Waals surface area contributed by atoms with Crippen molar-refractivity contribution >= 4 is 34.1 Å². The van der Waals surface area contributed by atoms with Gasteiger partial charge >= 0.3 is 0 Å². The van der Waals surface area contributed by atoms with Crippen molar-refractivity contribution < 1.29 is 18.7 Å². The molecule has 1 aromatic heterocycles. The van der Waals surface area contributed by atoms with Gasteiger partial charge in [0.05, 0.1) is 10.7 Å². The molecule has 2 N–H and O–H groups in total. The van der Waals surface area contributed by atoms with Crippen LogP contribution in [-0.4, -0.2) is 24.1 Å². The Balaban J connectivity index is 1.63. The highest BCUT2D eigenvalue weighted by molar-refractivity contribution is 6.34. The topological polar surface area (TPSA) is 63.4 Å². The Morgan fingerprint density at radius 2 is 1.88 bits per heavy atom. The van der Waals surface area contributed by atoms with Crippen molar-refractivity contribution in [2.75, 3.05) is 18.5 Å². The molecule has 0 unspecified atom stereocenters. The summed E-state index contributed by atoms with van der Waals surface area (Å²) in [5.41, 5.74) is 1.40. The van der Waals surface area contributed by atoms with Gasteiger partial charge in [0.2, 0.25) is 0 Å². The molecule has 0 atom stereocenters. The lowest BCUT2D eigenvalue weighted by atomic mass is 10.2. The van der Waals surface area contributed by atoms with E-state index in [0.29, 0.717) is 52.0 Å². The number of fused-ring (bicyclic) bond motifs is 2. The van der Waals surface area contributed by atoms with Gasteiger partial charge in [0, 0.05) is 23.0 Å². The summed E-state index contributed by atoms with van der Waals surface area (Å²) < 4.78 is 24.2. The third-order valence-electron chi connectivity index (χ3n) is 3.71. The van der Waals surface area contributed by atoms with Crippen LogP contribution in [0.3, 0.4) is 0 Å². The molecule has 0 saturated carbocycles. The fourth-order valence-corrected chi connectivity index (χ4v) is 2.78. The molecular weight excluding hydrogens is 335 g/mol. The molecule has 0 spiro atoms. The second-order valence-corrected chi connectivity index (χ2v) is 5.75. The highest BCUT2D eigenvalue weighted by atomic mass is 35.5. The molecule has 2 aromatic carbocycles. The summed E-state index contributed by atoms with van der Waals surface area (Å²) in [6, 6.07) is 9.08. The van der Waals surface area contributed by atoms with Gasteiger partial charge in [0.1, 0.15) is 24.7 Å². The lowest BCUT2D eigenvalue weighted by Crippen LogP contribution is -2.17. The van der Waals surface area contributed by atoms with E-state index < -0.39 is 0 Å². The number of H-pyrrole nitrogens is 1. The second-order valence-electron chi connectivity index (χ2n) is 5.34. The van der Waals surface area contributed by atoms with E-state index in [1.807, 2.05) is 0 Å². The smallest absolute Gasteiger partial charge is 0.272 e. The standard InChI is InChI=1S/C17H12ClFN2O3/c18-11-7-15-16(24-4-3-23-15)8-13(11)21-17(22)14-6-9-5-10(19)1-2-12(9)20-14/h1-2,5-8,20H,3-4H2,(H,21,22). The summed E-state index contributed by atoms with van der Waals surface area (Å²) in [5, 5.41) is 3.68. The van der Waals surface area contributed by atoms with Gasteiger partial charge in [-0.25, -0.2) is 4.39 Å². The van der Waals surface area contributed by atoms with Crippen LogP contribution in [0.4, 0.5) is 10.1 Å². The van der Waals surface area contributed by atoms with Crippen LogP contribution in [-0.2, 0) is 0 Å². The van der Waals surface area contributed by atoms with Crippen LogP contribution in [0.25, 0.3) is 10.9 Å². The molecule has 7 heteroatoms. The summed E-state index contributed by atoms with van der Waals surface area (Å²) >= 11 is 6.18. The van der Waals surface area contributed by atoms with Gasteiger partial charge in [0.25, 0.3) is 5.91 Å². The maximum absolute atomic E-state index is 13.2. The zero-order valence-electron chi connectivity index (χ0n) is 12.4. The number of aromatic nitrogens is 1. The van der Waals surface area contributed by atoms with Crippen LogP contribution in [0.1, 0.15) is 10.5 Å². The third kappa shape index (κ3) is 2.65. The first kappa shape index (κ1) is 14.8. The summed E-state index contributed by atoms with van der Waals surface area (Å²) in [7, 11) is 0. The number of carbonyl (C=O) groups excluding carboxylic acids is 1. The van der Waals surface area contributed by atoms with Crippen LogP contribution < -0.4 is 14.8 Å². The lowest BCUT2D eigenvalue weighted by Gasteiger charge is -2.19. The number of halogens is 2. The summed E-state index contributed by atoms with van der Waals surface area (Å²) in [6.45, 7) is 0.899. The van der Waals surface area contributed by atoms with Crippen LogP contribution in [0.5, 0.6) is 11.5 Å². The van der Waals surface area contributed by atoms with E-state index in [4.69, 9.17) is 21.1 Å². The molecule has 24 heavy (non-hydrogen) atoms. The van der Waals surface area contributed by atoms with E-state index in [1.165, 1.54) is 12.1 Å². The van der Waals surface area contributed by atoms with E-state index in [0.717, 1.165) is 0 Å². The average molecular weight is 347 g/mol. The number of hydrogen-bond acceptors (Lipinski definition) is 3. The number of hydrogen-bond donors (Lipinski definition) is 2. The number of carbonyl (C=O) groups is 1. The Labute approximate surface area is 141 Å². The molecule has 0 aliphatic carbocycles. The fraction of sp³-hybridized carbons (Fsp3) is 0.118. The Morgan fingerprint density at radius 1 is 1.12 bits per heavy atom. The Morgan fingerprint density at radius 3 is 2.67 bits per heavy atom. The highest BCUT2D eigenvalue weighted by Crippen LogP contribution is 2.38. The Kier molecular flexibility index (Phi) is 3.54. The number of anilines is 1. The van der Waals surface area contributed by atoms with Gasteiger partial charge in [-0.2, -0.15) is 0 Å². The largest absolute Gasteiger partial charge is 0.486 e. The quantitative estimate of drug-likeness (QED) is 0.737. The van der Waals surface area contributed by atoms with Crippen molar-refractivity contribution in [2.24, 2.45) is 0 Å². The molecule has 0 radical (unpaired) electrons. The monoisotopic (exact) mass is 346 g/mol. The van der Waals surface area contributed by atoms with Crippen LogP contribution in [0.15, 0.2) is 36.4 Å². The fourth-order valence-electron chi connectivity index (χ4n) is 2.58.